The van der Waals surface area contributed by atoms with E-state index >= 15 is 0 Å². The fraction of sp³-hybridized carbons (Fsp3) is 0. The topological polar surface area (TPSA) is 93.6 Å². The molecule has 2 heterocycles. The third-order valence-corrected chi connectivity index (χ3v) is 2.71. The third-order valence-electron chi connectivity index (χ3n) is 2.71. The van der Waals surface area contributed by atoms with Crippen molar-refractivity contribution in [3.63, 3.8) is 0 Å². The fourth-order valence-corrected chi connectivity index (χ4v) is 1.84. The second-order valence-electron chi connectivity index (χ2n) is 3.84. The molecule has 5 heteroatoms. The van der Waals surface area contributed by atoms with Crippen LogP contribution in [0.15, 0.2) is 36.5 Å². The van der Waals surface area contributed by atoms with Gasteiger partial charge in [-0.05, 0) is 35.4 Å². The SMILES string of the molecule is Nc1cc(-c2ccc3[nH]nc(N)c3c2)ccn1. The number of aromatic amines is 1. The monoisotopic (exact) mass is 225 g/mol. The maximum Gasteiger partial charge on any atom is 0.153 e. The van der Waals surface area contributed by atoms with Crippen molar-refractivity contribution in [2.45, 2.75) is 0 Å². The van der Waals surface area contributed by atoms with Crippen LogP contribution in [0, 0.1) is 0 Å². The minimum Gasteiger partial charge on any atom is -0.384 e. The van der Waals surface area contributed by atoms with Crippen molar-refractivity contribution in [1.82, 2.24) is 15.2 Å². The number of nitrogens with one attached hydrogen (secondary N) is 1. The second kappa shape index (κ2) is 3.48. The van der Waals surface area contributed by atoms with Crippen molar-refractivity contribution in [1.29, 1.82) is 0 Å². The van der Waals surface area contributed by atoms with Crippen molar-refractivity contribution >= 4 is 22.5 Å². The minimum absolute atomic E-state index is 0.503. The number of rotatable bonds is 1. The van der Waals surface area contributed by atoms with Gasteiger partial charge in [0.25, 0.3) is 0 Å². The van der Waals surface area contributed by atoms with Gasteiger partial charge in [0.05, 0.1) is 5.52 Å². The summed E-state index contributed by atoms with van der Waals surface area (Å²) < 4.78 is 0. The lowest BCUT2D eigenvalue weighted by atomic mass is 10.1. The van der Waals surface area contributed by atoms with E-state index in [4.69, 9.17) is 11.5 Å². The molecule has 3 aromatic rings. The van der Waals surface area contributed by atoms with Crippen molar-refractivity contribution in [2.24, 2.45) is 0 Å². The van der Waals surface area contributed by atoms with Gasteiger partial charge in [0.2, 0.25) is 0 Å². The number of nitrogens with two attached hydrogens (primary N) is 2. The maximum atomic E-state index is 5.77. The lowest BCUT2D eigenvalue weighted by molar-refractivity contribution is 1.13. The van der Waals surface area contributed by atoms with Crippen LogP contribution in [0.1, 0.15) is 0 Å². The lowest BCUT2D eigenvalue weighted by Gasteiger charge is -2.02. The van der Waals surface area contributed by atoms with Gasteiger partial charge in [-0.1, -0.05) is 6.07 Å². The molecule has 2 aromatic heterocycles. The number of nitrogen functional groups attached to an aromatic ring is 2. The number of pyridine rings is 1. The summed E-state index contributed by atoms with van der Waals surface area (Å²) in [6.45, 7) is 0. The highest BCUT2D eigenvalue weighted by Gasteiger charge is 2.05. The number of benzene rings is 1. The molecular formula is C12H11N5. The largest absolute Gasteiger partial charge is 0.384 e. The number of aromatic nitrogens is 3. The lowest BCUT2D eigenvalue weighted by Crippen LogP contribution is -1.89. The highest BCUT2D eigenvalue weighted by molar-refractivity contribution is 5.92. The van der Waals surface area contributed by atoms with Crippen LogP contribution < -0.4 is 11.5 Å². The van der Waals surface area contributed by atoms with Crippen molar-refractivity contribution < 1.29 is 0 Å². The summed E-state index contributed by atoms with van der Waals surface area (Å²) in [6, 6.07) is 9.67. The Morgan fingerprint density at radius 3 is 2.65 bits per heavy atom. The number of anilines is 2. The van der Waals surface area contributed by atoms with Gasteiger partial charge in [0.15, 0.2) is 5.82 Å². The van der Waals surface area contributed by atoms with Crippen LogP contribution in [-0.2, 0) is 0 Å². The number of nitrogens with zero attached hydrogens (tertiary/aromatic N) is 2. The number of fused-ring (bicyclic) bond motifs is 1. The normalized spacial score (nSPS) is 10.8. The number of H-pyrrole nitrogens is 1. The molecule has 5 nitrogen and oxygen atoms in total. The standard InChI is InChI=1S/C12H11N5/c13-11-6-8(3-4-15-11)7-1-2-10-9(5-7)12(14)17-16-10/h1-6H,(H2,13,15)(H3,14,16,17). The van der Waals surface area contributed by atoms with Gasteiger partial charge in [-0.3, -0.25) is 5.10 Å². The summed E-state index contributed by atoms with van der Waals surface area (Å²) in [4.78, 5) is 3.97. The molecule has 0 atom stereocenters. The van der Waals surface area contributed by atoms with E-state index in [-0.39, 0.29) is 0 Å². The second-order valence-corrected chi connectivity index (χ2v) is 3.84. The summed E-state index contributed by atoms with van der Waals surface area (Å²) in [5.41, 5.74) is 14.4. The maximum absolute atomic E-state index is 5.77. The minimum atomic E-state index is 0.503. The molecule has 17 heavy (non-hydrogen) atoms. The van der Waals surface area contributed by atoms with Crippen LogP contribution in [0.3, 0.4) is 0 Å². The van der Waals surface area contributed by atoms with Gasteiger partial charge < -0.3 is 11.5 Å². The van der Waals surface area contributed by atoms with Crippen LogP contribution >= 0.6 is 0 Å². The van der Waals surface area contributed by atoms with Crippen LogP contribution in [0.5, 0.6) is 0 Å². The predicted molar refractivity (Wildman–Crippen MR) is 68.1 cm³/mol. The van der Waals surface area contributed by atoms with E-state index in [1.165, 1.54) is 0 Å². The molecule has 0 radical (unpaired) electrons. The van der Waals surface area contributed by atoms with Gasteiger partial charge in [0, 0.05) is 11.6 Å². The molecule has 84 valence electrons. The highest BCUT2D eigenvalue weighted by atomic mass is 15.1. The van der Waals surface area contributed by atoms with Crippen molar-refractivity contribution in [2.75, 3.05) is 11.5 Å². The van der Waals surface area contributed by atoms with Crippen molar-refractivity contribution in [3.05, 3.63) is 36.5 Å². The molecule has 0 saturated heterocycles. The molecule has 0 saturated carbocycles. The van der Waals surface area contributed by atoms with Gasteiger partial charge in [-0.2, -0.15) is 5.10 Å². The zero-order chi connectivity index (χ0) is 11.8. The molecule has 0 amide bonds. The Balaban J connectivity index is 2.20. The molecular weight excluding hydrogens is 214 g/mol. The summed E-state index contributed by atoms with van der Waals surface area (Å²) in [7, 11) is 0. The summed E-state index contributed by atoms with van der Waals surface area (Å²) in [5.74, 6) is 1.01. The van der Waals surface area contributed by atoms with Crippen LogP contribution in [0.4, 0.5) is 11.6 Å². The van der Waals surface area contributed by atoms with E-state index in [9.17, 15) is 0 Å². The number of hydrogen-bond donors (Lipinski definition) is 3. The summed E-state index contributed by atoms with van der Waals surface area (Å²) in [6.07, 6.45) is 1.69. The van der Waals surface area contributed by atoms with E-state index < -0.39 is 0 Å². The molecule has 0 aliphatic rings. The summed E-state index contributed by atoms with van der Waals surface area (Å²) in [5, 5.41) is 7.74. The number of hydrogen-bond acceptors (Lipinski definition) is 4. The van der Waals surface area contributed by atoms with E-state index in [0.717, 1.165) is 22.0 Å². The Kier molecular flexibility index (Phi) is 1.98. The van der Waals surface area contributed by atoms with Crippen LogP contribution in [-0.4, -0.2) is 15.2 Å². The molecule has 0 fully saturated rings. The van der Waals surface area contributed by atoms with Crippen LogP contribution in [0.2, 0.25) is 0 Å². The van der Waals surface area contributed by atoms with Crippen LogP contribution in [0.25, 0.3) is 22.0 Å². The molecule has 5 N–H and O–H groups in total. The first-order chi connectivity index (χ1) is 8.24. The fourth-order valence-electron chi connectivity index (χ4n) is 1.84. The molecule has 3 rings (SSSR count). The molecule has 1 aromatic carbocycles. The van der Waals surface area contributed by atoms with Gasteiger partial charge in [-0.15, -0.1) is 0 Å². The zero-order valence-electron chi connectivity index (χ0n) is 9.01. The average Bonchev–Trinajstić information content (AvgIpc) is 2.71. The average molecular weight is 225 g/mol. The predicted octanol–water partition coefficient (Wildman–Crippen LogP) is 1.79. The first kappa shape index (κ1) is 9.65. The molecule has 0 spiro atoms. The smallest absolute Gasteiger partial charge is 0.153 e. The van der Waals surface area contributed by atoms with Crippen molar-refractivity contribution in [3.8, 4) is 11.1 Å². The Morgan fingerprint density at radius 2 is 1.82 bits per heavy atom. The van der Waals surface area contributed by atoms with Gasteiger partial charge in [-0.25, -0.2) is 4.98 Å². The Morgan fingerprint density at radius 1 is 1.00 bits per heavy atom. The zero-order valence-corrected chi connectivity index (χ0v) is 9.01. The molecule has 0 unspecified atom stereocenters. The Bertz CT molecular complexity index is 686. The molecule has 0 aliphatic carbocycles. The van der Waals surface area contributed by atoms with E-state index in [1.807, 2.05) is 30.3 Å². The van der Waals surface area contributed by atoms with Gasteiger partial charge >= 0.3 is 0 Å². The Labute approximate surface area is 97.5 Å². The van der Waals surface area contributed by atoms with E-state index in [0.29, 0.717) is 11.6 Å². The Hall–Kier alpha value is -2.56. The quantitative estimate of drug-likeness (QED) is 0.588. The van der Waals surface area contributed by atoms with E-state index in [2.05, 4.69) is 15.2 Å². The highest BCUT2D eigenvalue weighted by Crippen LogP contribution is 2.26. The molecule has 0 bridgehead atoms. The first-order valence-electron chi connectivity index (χ1n) is 5.19. The van der Waals surface area contributed by atoms with Gasteiger partial charge in [0.1, 0.15) is 5.82 Å². The third kappa shape index (κ3) is 1.57. The molecule has 0 aliphatic heterocycles. The summed E-state index contributed by atoms with van der Waals surface area (Å²) >= 11 is 0. The first-order valence-corrected chi connectivity index (χ1v) is 5.19. The van der Waals surface area contributed by atoms with E-state index in [1.54, 1.807) is 6.20 Å².